The number of amides is 1. The highest BCUT2D eigenvalue weighted by molar-refractivity contribution is 7.92. The molecule has 0 aliphatic heterocycles. The van der Waals surface area contributed by atoms with Crippen LogP contribution in [0.4, 0.5) is 5.69 Å². The van der Waals surface area contributed by atoms with Crippen LogP contribution in [0.25, 0.3) is 0 Å². The van der Waals surface area contributed by atoms with Crippen molar-refractivity contribution in [3.05, 3.63) is 54.1 Å². The molecule has 0 heterocycles. The van der Waals surface area contributed by atoms with Crippen molar-refractivity contribution in [1.82, 2.24) is 4.90 Å². The third-order valence-corrected chi connectivity index (χ3v) is 5.21. The van der Waals surface area contributed by atoms with Crippen LogP contribution in [-0.4, -0.2) is 39.4 Å². The molecule has 0 bridgehead atoms. The van der Waals surface area contributed by atoms with Gasteiger partial charge in [0.2, 0.25) is 0 Å². The minimum absolute atomic E-state index is 0.0929. The minimum atomic E-state index is -3.71. The van der Waals surface area contributed by atoms with E-state index in [0.29, 0.717) is 36.1 Å². The molecule has 0 aromatic heterocycles. The van der Waals surface area contributed by atoms with Gasteiger partial charge < -0.3 is 9.64 Å². The van der Waals surface area contributed by atoms with Crippen molar-refractivity contribution in [3.8, 4) is 5.75 Å². The third kappa shape index (κ3) is 5.72. The predicted molar refractivity (Wildman–Crippen MR) is 107 cm³/mol. The number of ether oxygens (including phenoxy) is 1. The molecular formula is C20H26N2O4S. The second-order valence-corrected chi connectivity index (χ2v) is 8.35. The number of hydrogen-bond donors (Lipinski definition) is 1. The molecule has 0 aliphatic carbocycles. The van der Waals surface area contributed by atoms with Gasteiger partial charge in [0.05, 0.1) is 11.5 Å². The maximum atomic E-state index is 12.5. The lowest BCUT2D eigenvalue weighted by Gasteiger charge is -2.19. The van der Waals surface area contributed by atoms with Gasteiger partial charge in [0.25, 0.3) is 15.9 Å². The lowest BCUT2D eigenvalue weighted by molar-refractivity contribution is 0.0779. The van der Waals surface area contributed by atoms with Crippen LogP contribution in [0, 0.1) is 5.92 Å². The number of sulfonamides is 1. The molecule has 0 saturated carbocycles. The fraction of sp³-hybridized carbons (Fsp3) is 0.350. The Kier molecular flexibility index (Phi) is 6.85. The first-order chi connectivity index (χ1) is 12.7. The zero-order valence-electron chi connectivity index (χ0n) is 16.1. The van der Waals surface area contributed by atoms with E-state index >= 15 is 0 Å². The first kappa shape index (κ1) is 20.8. The van der Waals surface area contributed by atoms with Gasteiger partial charge in [0.1, 0.15) is 5.75 Å². The van der Waals surface area contributed by atoms with Crippen LogP contribution in [0.15, 0.2) is 53.4 Å². The summed E-state index contributed by atoms with van der Waals surface area (Å²) in [6.07, 6.45) is 0. The summed E-state index contributed by atoms with van der Waals surface area (Å²) in [7, 11) is -1.96. The second-order valence-electron chi connectivity index (χ2n) is 6.67. The summed E-state index contributed by atoms with van der Waals surface area (Å²) in [5, 5.41) is 0. The highest BCUT2D eigenvalue weighted by Gasteiger charge is 2.16. The van der Waals surface area contributed by atoms with Gasteiger partial charge in [-0.05, 0) is 61.4 Å². The third-order valence-electron chi connectivity index (χ3n) is 3.81. The highest BCUT2D eigenvalue weighted by atomic mass is 32.2. The van der Waals surface area contributed by atoms with Crippen molar-refractivity contribution < 1.29 is 17.9 Å². The fourth-order valence-electron chi connectivity index (χ4n) is 2.63. The molecule has 1 N–H and O–H groups in total. The molecule has 0 saturated heterocycles. The molecule has 0 atom stereocenters. The molecule has 2 aromatic carbocycles. The lowest BCUT2D eigenvalue weighted by Crippen LogP contribution is -2.30. The molecule has 0 fully saturated rings. The predicted octanol–water partition coefficient (Wildman–Crippen LogP) is 3.61. The summed E-state index contributed by atoms with van der Waals surface area (Å²) in [6, 6.07) is 12.6. The molecule has 7 heteroatoms. The summed E-state index contributed by atoms with van der Waals surface area (Å²) in [5.74, 6) is 0.897. The van der Waals surface area contributed by atoms with Gasteiger partial charge in [-0.3, -0.25) is 9.52 Å². The Morgan fingerprint density at radius 2 is 1.67 bits per heavy atom. The summed E-state index contributed by atoms with van der Waals surface area (Å²) < 4.78 is 32.8. The van der Waals surface area contributed by atoms with Gasteiger partial charge in [0, 0.05) is 24.8 Å². The Morgan fingerprint density at radius 1 is 1.07 bits per heavy atom. The van der Waals surface area contributed by atoms with Crippen molar-refractivity contribution >= 4 is 21.6 Å². The number of rotatable bonds is 8. The Balaban J connectivity index is 2.09. The van der Waals surface area contributed by atoms with Crippen LogP contribution < -0.4 is 9.46 Å². The second kappa shape index (κ2) is 8.90. The Hall–Kier alpha value is -2.54. The van der Waals surface area contributed by atoms with Crippen molar-refractivity contribution in [1.29, 1.82) is 0 Å². The average molecular weight is 391 g/mol. The molecule has 0 radical (unpaired) electrons. The van der Waals surface area contributed by atoms with Gasteiger partial charge >= 0.3 is 0 Å². The smallest absolute Gasteiger partial charge is 0.261 e. The van der Waals surface area contributed by atoms with E-state index in [4.69, 9.17) is 4.74 Å². The monoisotopic (exact) mass is 390 g/mol. The van der Waals surface area contributed by atoms with E-state index in [-0.39, 0.29) is 10.8 Å². The molecule has 0 unspecified atom stereocenters. The normalized spacial score (nSPS) is 11.3. The summed E-state index contributed by atoms with van der Waals surface area (Å²) >= 11 is 0. The number of hydrogen-bond acceptors (Lipinski definition) is 4. The van der Waals surface area contributed by atoms with E-state index < -0.39 is 10.0 Å². The van der Waals surface area contributed by atoms with E-state index in [1.807, 2.05) is 20.8 Å². The SMILES string of the molecule is CCOc1ccc(S(=O)(=O)Nc2ccc(C(=O)N(C)CC(C)C)cc2)cc1. The molecule has 2 rings (SSSR count). The first-order valence-electron chi connectivity index (χ1n) is 8.84. The van der Waals surface area contributed by atoms with E-state index in [1.165, 1.54) is 12.1 Å². The maximum Gasteiger partial charge on any atom is 0.261 e. The maximum absolute atomic E-state index is 12.5. The lowest BCUT2D eigenvalue weighted by atomic mass is 10.1. The van der Waals surface area contributed by atoms with Gasteiger partial charge in [-0.15, -0.1) is 0 Å². The van der Waals surface area contributed by atoms with Gasteiger partial charge in [-0.1, -0.05) is 13.8 Å². The van der Waals surface area contributed by atoms with Gasteiger partial charge in [-0.2, -0.15) is 0 Å². The molecule has 2 aromatic rings. The quantitative estimate of drug-likeness (QED) is 0.747. The average Bonchev–Trinajstić information content (AvgIpc) is 2.61. The number of carbonyl (C=O) groups is 1. The number of anilines is 1. The molecule has 146 valence electrons. The van der Waals surface area contributed by atoms with Crippen molar-refractivity contribution in [2.75, 3.05) is 24.9 Å². The first-order valence-corrected chi connectivity index (χ1v) is 10.3. The van der Waals surface area contributed by atoms with Gasteiger partial charge in [0.15, 0.2) is 0 Å². The largest absolute Gasteiger partial charge is 0.494 e. The van der Waals surface area contributed by atoms with Crippen LogP contribution in [0.3, 0.4) is 0 Å². The fourth-order valence-corrected chi connectivity index (χ4v) is 3.69. The topological polar surface area (TPSA) is 75.7 Å². The van der Waals surface area contributed by atoms with Crippen LogP contribution >= 0.6 is 0 Å². The highest BCUT2D eigenvalue weighted by Crippen LogP contribution is 2.20. The standard InChI is InChI=1S/C20H26N2O4S/c1-5-26-18-10-12-19(13-11-18)27(24,25)21-17-8-6-16(7-9-17)20(23)22(4)14-15(2)3/h6-13,15,21H,5,14H2,1-4H3. The van der Waals surface area contributed by atoms with Crippen molar-refractivity contribution in [2.45, 2.75) is 25.7 Å². The number of benzene rings is 2. The van der Waals surface area contributed by atoms with Crippen LogP contribution in [0.2, 0.25) is 0 Å². The molecule has 0 spiro atoms. The van der Waals surface area contributed by atoms with Crippen molar-refractivity contribution in [2.24, 2.45) is 5.92 Å². The molecule has 1 amide bonds. The minimum Gasteiger partial charge on any atom is -0.494 e. The summed E-state index contributed by atoms with van der Waals surface area (Å²) in [5.41, 5.74) is 0.911. The molecule has 27 heavy (non-hydrogen) atoms. The van der Waals surface area contributed by atoms with E-state index in [9.17, 15) is 13.2 Å². The van der Waals surface area contributed by atoms with E-state index in [1.54, 1.807) is 48.3 Å². The van der Waals surface area contributed by atoms with Crippen molar-refractivity contribution in [3.63, 3.8) is 0 Å². The molecule has 6 nitrogen and oxygen atoms in total. The van der Waals surface area contributed by atoms with Crippen LogP contribution in [0.1, 0.15) is 31.1 Å². The summed E-state index contributed by atoms with van der Waals surface area (Å²) in [4.78, 5) is 14.2. The zero-order chi connectivity index (χ0) is 20.0. The van der Waals surface area contributed by atoms with E-state index in [2.05, 4.69) is 4.72 Å². The summed E-state index contributed by atoms with van der Waals surface area (Å²) in [6.45, 7) is 7.12. The number of carbonyl (C=O) groups excluding carboxylic acids is 1. The van der Waals surface area contributed by atoms with Gasteiger partial charge in [-0.25, -0.2) is 8.42 Å². The molecular weight excluding hydrogens is 364 g/mol. The Morgan fingerprint density at radius 3 is 2.19 bits per heavy atom. The molecule has 0 aliphatic rings. The zero-order valence-corrected chi connectivity index (χ0v) is 16.9. The van der Waals surface area contributed by atoms with E-state index in [0.717, 1.165) is 0 Å². The number of nitrogens with one attached hydrogen (secondary N) is 1. The number of nitrogens with zero attached hydrogens (tertiary/aromatic N) is 1. The Labute approximate surface area is 161 Å². The Bertz CT molecular complexity index is 860. The van der Waals surface area contributed by atoms with Crippen LogP contribution in [-0.2, 0) is 10.0 Å². The van der Waals surface area contributed by atoms with Crippen LogP contribution in [0.5, 0.6) is 5.75 Å².